The van der Waals surface area contributed by atoms with Gasteiger partial charge in [0, 0.05) is 36.2 Å². The monoisotopic (exact) mass is 340 g/mol. The van der Waals surface area contributed by atoms with Crippen LogP contribution in [0.1, 0.15) is 31.9 Å². The van der Waals surface area contributed by atoms with E-state index in [-0.39, 0.29) is 11.6 Å². The molecule has 20 heavy (non-hydrogen) atoms. The van der Waals surface area contributed by atoms with E-state index >= 15 is 0 Å². The average Bonchev–Trinajstić information content (AvgIpc) is 2.40. The van der Waals surface area contributed by atoms with Crippen LogP contribution in [0.5, 0.6) is 0 Å². The maximum atomic E-state index is 10.3. The molecule has 0 spiro atoms. The summed E-state index contributed by atoms with van der Waals surface area (Å²) >= 11 is 3.42. The number of aliphatic hydroxyl groups is 1. The van der Waals surface area contributed by atoms with Crippen molar-refractivity contribution in [3.05, 3.63) is 34.3 Å². The van der Waals surface area contributed by atoms with Crippen molar-refractivity contribution in [2.24, 2.45) is 0 Å². The molecule has 1 fully saturated rings. The first kappa shape index (κ1) is 16.0. The van der Waals surface area contributed by atoms with E-state index in [1.165, 1.54) is 0 Å². The molecular weight excluding hydrogens is 316 g/mol. The van der Waals surface area contributed by atoms with Gasteiger partial charge in [-0.1, -0.05) is 28.1 Å². The zero-order valence-corrected chi connectivity index (χ0v) is 14.2. The third-order valence-electron chi connectivity index (χ3n) is 4.37. The van der Waals surface area contributed by atoms with Crippen LogP contribution in [0.3, 0.4) is 0 Å². The van der Waals surface area contributed by atoms with Gasteiger partial charge >= 0.3 is 0 Å². The molecule has 0 aromatic heterocycles. The number of likely N-dealkylation sites (N-methyl/N-ethyl adjacent to an activating group) is 1. The Kier molecular flexibility index (Phi) is 5.24. The molecule has 4 heteroatoms. The molecule has 0 saturated carbocycles. The standard InChI is InChI=1S/C16H25BrN2O/c1-16(2)12-19(11-10-18(16)3)9-8-15(20)13-4-6-14(17)7-5-13/h4-7,15,20H,8-12H2,1-3H3. The average molecular weight is 341 g/mol. The van der Waals surface area contributed by atoms with Crippen LogP contribution < -0.4 is 0 Å². The minimum Gasteiger partial charge on any atom is -0.388 e. The van der Waals surface area contributed by atoms with Gasteiger partial charge < -0.3 is 10.0 Å². The van der Waals surface area contributed by atoms with E-state index in [0.29, 0.717) is 0 Å². The predicted molar refractivity (Wildman–Crippen MR) is 86.9 cm³/mol. The van der Waals surface area contributed by atoms with Crippen molar-refractivity contribution in [1.29, 1.82) is 0 Å². The molecule has 2 rings (SSSR count). The molecule has 0 amide bonds. The lowest BCUT2D eigenvalue weighted by Gasteiger charge is -2.45. The van der Waals surface area contributed by atoms with Crippen LogP contribution in [0, 0.1) is 0 Å². The molecule has 0 bridgehead atoms. The van der Waals surface area contributed by atoms with Gasteiger partial charge in [-0.05, 0) is 45.0 Å². The van der Waals surface area contributed by atoms with E-state index in [4.69, 9.17) is 0 Å². The van der Waals surface area contributed by atoms with Gasteiger partial charge in [-0.3, -0.25) is 4.90 Å². The predicted octanol–water partition coefficient (Wildman–Crippen LogP) is 2.90. The Balaban J connectivity index is 1.84. The summed E-state index contributed by atoms with van der Waals surface area (Å²) in [6.45, 7) is 8.77. The Morgan fingerprint density at radius 3 is 2.50 bits per heavy atom. The van der Waals surface area contributed by atoms with E-state index < -0.39 is 0 Å². The fourth-order valence-electron chi connectivity index (χ4n) is 2.69. The molecule has 112 valence electrons. The van der Waals surface area contributed by atoms with Gasteiger partial charge in [-0.2, -0.15) is 0 Å². The maximum absolute atomic E-state index is 10.3. The Morgan fingerprint density at radius 1 is 1.25 bits per heavy atom. The lowest BCUT2D eigenvalue weighted by molar-refractivity contribution is 0.0313. The summed E-state index contributed by atoms with van der Waals surface area (Å²) in [5.74, 6) is 0. The summed E-state index contributed by atoms with van der Waals surface area (Å²) in [5.41, 5.74) is 1.22. The fourth-order valence-corrected chi connectivity index (χ4v) is 2.95. The minimum absolute atomic E-state index is 0.223. The summed E-state index contributed by atoms with van der Waals surface area (Å²) in [4.78, 5) is 4.87. The zero-order valence-electron chi connectivity index (χ0n) is 12.6. The van der Waals surface area contributed by atoms with Crippen LogP contribution >= 0.6 is 15.9 Å². The topological polar surface area (TPSA) is 26.7 Å². The summed E-state index contributed by atoms with van der Waals surface area (Å²) in [6, 6.07) is 7.94. The number of benzene rings is 1. The minimum atomic E-state index is -0.370. The number of hydrogen-bond donors (Lipinski definition) is 1. The third-order valence-corrected chi connectivity index (χ3v) is 4.90. The van der Waals surface area contributed by atoms with Gasteiger partial charge in [0.1, 0.15) is 0 Å². The SMILES string of the molecule is CN1CCN(CCC(O)c2ccc(Br)cc2)CC1(C)C. The van der Waals surface area contributed by atoms with Crippen LogP contribution in [0.15, 0.2) is 28.7 Å². The van der Waals surface area contributed by atoms with E-state index in [1.807, 2.05) is 24.3 Å². The Bertz CT molecular complexity index is 433. The van der Waals surface area contributed by atoms with Crippen molar-refractivity contribution in [3.8, 4) is 0 Å². The molecule has 1 atom stereocenters. The van der Waals surface area contributed by atoms with Crippen LogP contribution in [-0.4, -0.2) is 53.7 Å². The van der Waals surface area contributed by atoms with Crippen molar-refractivity contribution >= 4 is 15.9 Å². The largest absolute Gasteiger partial charge is 0.388 e. The Hall–Kier alpha value is -0.420. The van der Waals surface area contributed by atoms with Gasteiger partial charge in [-0.25, -0.2) is 0 Å². The number of piperazine rings is 1. The summed E-state index contributed by atoms with van der Waals surface area (Å²) < 4.78 is 1.05. The van der Waals surface area contributed by atoms with Crippen LogP contribution in [0.4, 0.5) is 0 Å². The first-order chi connectivity index (χ1) is 9.38. The molecule has 1 heterocycles. The summed E-state index contributed by atoms with van der Waals surface area (Å²) in [7, 11) is 2.19. The highest BCUT2D eigenvalue weighted by Gasteiger charge is 2.30. The van der Waals surface area contributed by atoms with Crippen molar-refractivity contribution in [2.75, 3.05) is 33.2 Å². The quantitative estimate of drug-likeness (QED) is 0.912. The first-order valence-electron chi connectivity index (χ1n) is 7.25. The fraction of sp³-hybridized carbons (Fsp3) is 0.625. The van der Waals surface area contributed by atoms with Crippen molar-refractivity contribution < 1.29 is 5.11 Å². The second kappa shape index (κ2) is 6.56. The number of hydrogen-bond acceptors (Lipinski definition) is 3. The molecule has 3 nitrogen and oxygen atoms in total. The highest BCUT2D eigenvalue weighted by molar-refractivity contribution is 9.10. The Morgan fingerprint density at radius 2 is 1.90 bits per heavy atom. The lowest BCUT2D eigenvalue weighted by Crippen LogP contribution is -2.57. The molecular formula is C16H25BrN2O. The summed E-state index contributed by atoms with van der Waals surface area (Å²) in [5, 5.41) is 10.3. The number of nitrogens with zero attached hydrogens (tertiary/aromatic N) is 2. The van der Waals surface area contributed by atoms with E-state index in [1.54, 1.807) is 0 Å². The third kappa shape index (κ3) is 4.04. The van der Waals surface area contributed by atoms with E-state index in [2.05, 4.69) is 46.6 Å². The van der Waals surface area contributed by atoms with Gasteiger partial charge in [-0.15, -0.1) is 0 Å². The highest BCUT2D eigenvalue weighted by atomic mass is 79.9. The maximum Gasteiger partial charge on any atom is 0.0802 e. The number of halogens is 1. The second-order valence-corrected chi connectivity index (χ2v) is 7.28. The number of aliphatic hydroxyl groups excluding tert-OH is 1. The lowest BCUT2D eigenvalue weighted by atomic mass is 9.99. The number of rotatable bonds is 4. The zero-order chi connectivity index (χ0) is 14.8. The molecule has 0 radical (unpaired) electrons. The van der Waals surface area contributed by atoms with Gasteiger partial charge in [0.15, 0.2) is 0 Å². The molecule has 1 saturated heterocycles. The smallest absolute Gasteiger partial charge is 0.0802 e. The normalized spacial score (nSPS) is 21.9. The molecule has 1 aliphatic rings. The van der Waals surface area contributed by atoms with E-state index in [0.717, 1.165) is 42.6 Å². The highest BCUT2D eigenvalue weighted by Crippen LogP contribution is 2.22. The van der Waals surface area contributed by atoms with Crippen LogP contribution in [0.2, 0.25) is 0 Å². The van der Waals surface area contributed by atoms with Crippen molar-refractivity contribution in [1.82, 2.24) is 9.80 Å². The molecule has 0 aliphatic carbocycles. The molecule has 1 aromatic carbocycles. The molecule has 1 N–H and O–H groups in total. The summed E-state index contributed by atoms with van der Waals surface area (Å²) in [6.07, 6.45) is 0.424. The van der Waals surface area contributed by atoms with Crippen LogP contribution in [0.25, 0.3) is 0 Å². The first-order valence-corrected chi connectivity index (χ1v) is 8.05. The molecule has 1 unspecified atom stereocenters. The van der Waals surface area contributed by atoms with Gasteiger partial charge in [0.25, 0.3) is 0 Å². The molecule has 1 aromatic rings. The van der Waals surface area contributed by atoms with Gasteiger partial charge in [0.2, 0.25) is 0 Å². The second-order valence-electron chi connectivity index (χ2n) is 6.37. The van der Waals surface area contributed by atoms with Gasteiger partial charge in [0.05, 0.1) is 6.10 Å². The van der Waals surface area contributed by atoms with Crippen LogP contribution in [-0.2, 0) is 0 Å². The molecule has 1 aliphatic heterocycles. The van der Waals surface area contributed by atoms with Crippen molar-refractivity contribution in [3.63, 3.8) is 0 Å². The Labute approximate surface area is 130 Å². The van der Waals surface area contributed by atoms with E-state index in [9.17, 15) is 5.11 Å². The van der Waals surface area contributed by atoms with Crippen molar-refractivity contribution in [2.45, 2.75) is 31.9 Å².